The van der Waals surface area contributed by atoms with E-state index >= 15 is 0 Å². The fraction of sp³-hybridized carbons (Fsp3) is 0.346. The molecule has 166 valence electrons. The van der Waals surface area contributed by atoms with Gasteiger partial charge in [-0.2, -0.15) is 0 Å². The number of phenols is 1. The minimum Gasteiger partial charge on any atom is -0.507 e. The predicted octanol–water partition coefficient (Wildman–Crippen LogP) is 6.87. The van der Waals surface area contributed by atoms with E-state index in [0.717, 1.165) is 24.8 Å². The van der Waals surface area contributed by atoms with Crippen molar-refractivity contribution >= 4 is 18.1 Å². The van der Waals surface area contributed by atoms with Crippen molar-refractivity contribution in [3.05, 3.63) is 70.1 Å². The number of aromatic hydroxyl groups is 1. The molecule has 0 spiro atoms. The van der Waals surface area contributed by atoms with Crippen LogP contribution in [0.15, 0.2) is 42.0 Å². The zero-order valence-electron chi connectivity index (χ0n) is 18.6. The topological polar surface area (TPSA) is 66.8 Å². The summed E-state index contributed by atoms with van der Waals surface area (Å²) in [4.78, 5) is 12.0. The Hall–Kier alpha value is -3.08. The molecule has 2 aromatic carbocycles. The van der Waals surface area contributed by atoms with Crippen LogP contribution in [0.25, 0.3) is 12.2 Å². The van der Waals surface area contributed by atoms with Crippen molar-refractivity contribution in [3.8, 4) is 11.5 Å². The molecule has 4 nitrogen and oxygen atoms in total. The molecule has 1 unspecified atom stereocenters. The highest BCUT2D eigenvalue weighted by Crippen LogP contribution is 2.37. The fourth-order valence-electron chi connectivity index (χ4n) is 3.28. The number of carbonyl (C=O) groups is 1. The Balaban J connectivity index is 2.60. The first-order valence-corrected chi connectivity index (χ1v) is 10.6. The number of carboxylic acids is 1. The maximum absolute atomic E-state index is 13.2. The van der Waals surface area contributed by atoms with Crippen molar-refractivity contribution in [3.63, 3.8) is 0 Å². The maximum atomic E-state index is 13.2. The van der Waals surface area contributed by atoms with E-state index in [1.807, 2.05) is 26.8 Å². The molecule has 0 saturated heterocycles. The van der Waals surface area contributed by atoms with Crippen LogP contribution in [-0.4, -0.2) is 22.3 Å². The molecule has 0 bridgehead atoms. The number of ether oxygens (including phenoxy) is 1. The van der Waals surface area contributed by atoms with Gasteiger partial charge in [-0.05, 0) is 62.4 Å². The molecule has 0 aromatic heterocycles. The first kappa shape index (κ1) is 24.2. The molecule has 0 saturated carbocycles. The molecule has 0 radical (unpaired) electrons. The minimum atomic E-state index is -1.22. The van der Waals surface area contributed by atoms with Crippen molar-refractivity contribution in [2.24, 2.45) is 0 Å². The highest BCUT2D eigenvalue weighted by molar-refractivity contribution is 5.97. The van der Waals surface area contributed by atoms with E-state index in [-0.39, 0.29) is 23.2 Å². The SMILES string of the molecule is CCCC(CC)Oc1cc(C=Cc2ccc(F)cc2)c(C(=O)O)c(O)c1CC=C(C)C. The summed E-state index contributed by atoms with van der Waals surface area (Å²) in [5, 5.41) is 20.7. The molecule has 0 aliphatic rings. The summed E-state index contributed by atoms with van der Waals surface area (Å²) in [5.41, 5.74) is 2.39. The molecule has 0 heterocycles. The third-order valence-electron chi connectivity index (χ3n) is 5.01. The largest absolute Gasteiger partial charge is 0.507 e. The average Bonchev–Trinajstić information content (AvgIpc) is 2.71. The molecule has 0 amide bonds. The summed E-state index contributed by atoms with van der Waals surface area (Å²) in [5.74, 6) is -1.37. The van der Waals surface area contributed by atoms with Crippen molar-refractivity contribution < 1.29 is 24.1 Å². The summed E-state index contributed by atoms with van der Waals surface area (Å²) in [6.07, 6.45) is 8.19. The number of hydrogen-bond acceptors (Lipinski definition) is 3. The van der Waals surface area contributed by atoms with Crippen molar-refractivity contribution in [2.45, 2.75) is 59.5 Å². The Morgan fingerprint density at radius 1 is 1.16 bits per heavy atom. The summed E-state index contributed by atoms with van der Waals surface area (Å²) in [6, 6.07) is 7.55. The third-order valence-corrected chi connectivity index (χ3v) is 5.01. The van der Waals surface area contributed by atoms with Gasteiger partial charge in [0.25, 0.3) is 0 Å². The van der Waals surface area contributed by atoms with Crippen LogP contribution in [0.4, 0.5) is 4.39 Å². The van der Waals surface area contributed by atoms with E-state index in [1.54, 1.807) is 30.4 Å². The lowest BCUT2D eigenvalue weighted by Crippen LogP contribution is -2.16. The van der Waals surface area contributed by atoms with Gasteiger partial charge in [0.15, 0.2) is 0 Å². The average molecular weight is 427 g/mol. The molecule has 31 heavy (non-hydrogen) atoms. The fourth-order valence-corrected chi connectivity index (χ4v) is 3.28. The molecule has 0 aliphatic heterocycles. The summed E-state index contributed by atoms with van der Waals surface area (Å²) in [7, 11) is 0. The van der Waals surface area contributed by atoms with E-state index in [4.69, 9.17) is 4.74 Å². The molecular formula is C26H31FO4. The standard InChI is InChI=1S/C26H31FO4/c1-5-7-21(6-2)31-23-16-19(12-9-18-10-13-20(27)14-11-18)24(26(29)30)25(28)22(23)15-8-17(3)4/h8-14,16,21,28H,5-7,15H2,1-4H3,(H,29,30). The van der Waals surface area contributed by atoms with Crippen molar-refractivity contribution in [2.75, 3.05) is 0 Å². The summed E-state index contributed by atoms with van der Waals surface area (Å²) in [6.45, 7) is 8.01. The Morgan fingerprint density at radius 3 is 2.39 bits per heavy atom. The first-order chi connectivity index (χ1) is 14.8. The Labute approximate surface area is 183 Å². The Morgan fingerprint density at radius 2 is 1.84 bits per heavy atom. The van der Waals surface area contributed by atoms with E-state index in [0.29, 0.717) is 28.9 Å². The Kier molecular flexibility index (Phi) is 8.86. The van der Waals surface area contributed by atoms with Gasteiger partial charge < -0.3 is 14.9 Å². The van der Waals surface area contributed by atoms with Gasteiger partial charge in [-0.15, -0.1) is 0 Å². The van der Waals surface area contributed by atoms with E-state index in [2.05, 4.69) is 6.92 Å². The van der Waals surface area contributed by atoms with Crippen molar-refractivity contribution in [1.29, 1.82) is 0 Å². The second kappa shape index (κ2) is 11.3. The van der Waals surface area contributed by atoms with Crippen LogP contribution < -0.4 is 4.74 Å². The lowest BCUT2D eigenvalue weighted by Gasteiger charge is -2.21. The zero-order chi connectivity index (χ0) is 23.0. The second-order valence-electron chi connectivity index (χ2n) is 7.78. The zero-order valence-corrected chi connectivity index (χ0v) is 18.6. The van der Waals surface area contributed by atoms with E-state index in [1.165, 1.54) is 12.1 Å². The van der Waals surface area contributed by atoms with Crippen LogP contribution in [0.3, 0.4) is 0 Å². The monoisotopic (exact) mass is 426 g/mol. The number of hydrogen-bond donors (Lipinski definition) is 2. The molecule has 0 fully saturated rings. The smallest absolute Gasteiger partial charge is 0.340 e. The van der Waals surface area contributed by atoms with Crippen LogP contribution >= 0.6 is 0 Å². The third kappa shape index (κ3) is 6.71. The molecule has 2 N–H and O–H groups in total. The van der Waals surface area contributed by atoms with Gasteiger partial charge in [0.2, 0.25) is 0 Å². The van der Waals surface area contributed by atoms with Gasteiger partial charge in [0.05, 0.1) is 6.10 Å². The van der Waals surface area contributed by atoms with Crippen LogP contribution in [0.5, 0.6) is 11.5 Å². The van der Waals surface area contributed by atoms with Gasteiger partial charge in [-0.3, -0.25) is 0 Å². The summed E-state index contributed by atoms with van der Waals surface area (Å²) < 4.78 is 19.4. The number of halogens is 1. The van der Waals surface area contributed by atoms with Gasteiger partial charge >= 0.3 is 5.97 Å². The Bertz CT molecular complexity index is 954. The molecule has 1 atom stereocenters. The normalized spacial score (nSPS) is 12.0. The maximum Gasteiger partial charge on any atom is 0.340 e. The van der Waals surface area contributed by atoms with Crippen LogP contribution in [0.2, 0.25) is 0 Å². The number of aromatic carboxylic acids is 1. The minimum absolute atomic E-state index is 0.0283. The van der Waals surface area contributed by atoms with Gasteiger partial charge in [0.1, 0.15) is 22.9 Å². The molecule has 2 aromatic rings. The van der Waals surface area contributed by atoms with Gasteiger partial charge in [0, 0.05) is 5.56 Å². The lowest BCUT2D eigenvalue weighted by atomic mass is 9.97. The lowest BCUT2D eigenvalue weighted by molar-refractivity contribution is 0.0693. The number of rotatable bonds is 10. The molecule has 0 aliphatic carbocycles. The van der Waals surface area contributed by atoms with Crippen LogP contribution in [0, 0.1) is 5.82 Å². The number of benzene rings is 2. The first-order valence-electron chi connectivity index (χ1n) is 10.6. The van der Waals surface area contributed by atoms with Crippen molar-refractivity contribution in [1.82, 2.24) is 0 Å². The van der Waals surface area contributed by atoms with E-state index in [9.17, 15) is 19.4 Å². The summed E-state index contributed by atoms with van der Waals surface area (Å²) >= 11 is 0. The second-order valence-corrected chi connectivity index (χ2v) is 7.78. The van der Waals surface area contributed by atoms with Crippen LogP contribution in [0.1, 0.15) is 74.0 Å². The quantitative estimate of drug-likeness (QED) is 0.321. The van der Waals surface area contributed by atoms with Crippen LogP contribution in [-0.2, 0) is 6.42 Å². The highest BCUT2D eigenvalue weighted by Gasteiger charge is 2.23. The molecular weight excluding hydrogens is 395 g/mol. The van der Waals surface area contributed by atoms with E-state index < -0.39 is 5.97 Å². The van der Waals surface area contributed by atoms with Gasteiger partial charge in [-0.1, -0.05) is 56.2 Å². The molecule has 2 rings (SSSR count). The number of carboxylic acid groups (broad SMARTS) is 1. The molecule has 5 heteroatoms. The highest BCUT2D eigenvalue weighted by atomic mass is 19.1. The predicted molar refractivity (Wildman–Crippen MR) is 123 cm³/mol. The van der Waals surface area contributed by atoms with Gasteiger partial charge in [-0.25, -0.2) is 9.18 Å². The number of allylic oxidation sites excluding steroid dienone is 2.